The van der Waals surface area contributed by atoms with E-state index in [-0.39, 0.29) is 27.3 Å². The molecule has 3 aromatic carbocycles. The van der Waals surface area contributed by atoms with Crippen molar-refractivity contribution in [3.8, 4) is 5.75 Å². The van der Waals surface area contributed by atoms with Gasteiger partial charge in [-0.3, -0.25) is 14.5 Å². The van der Waals surface area contributed by atoms with Gasteiger partial charge in [0.2, 0.25) is 0 Å². The van der Waals surface area contributed by atoms with Gasteiger partial charge in [-0.25, -0.2) is 0 Å². The van der Waals surface area contributed by atoms with Crippen LogP contribution in [0.5, 0.6) is 5.75 Å². The highest BCUT2D eigenvalue weighted by Crippen LogP contribution is 2.44. The van der Waals surface area contributed by atoms with E-state index in [2.05, 4.69) is 20.8 Å². The average molecular weight is 519 g/mol. The fourth-order valence-corrected chi connectivity index (χ4v) is 4.66. The molecule has 1 atom stereocenters. The van der Waals surface area contributed by atoms with Gasteiger partial charge in [-0.1, -0.05) is 56.6 Å². The predicted octanol–water partition coefficient (Wildman–Crippen LogP) is 6.34. The molecule has 1 heterocycles. The fraction of sp³-hybridized carbons (Fsp3) is 0.267. The smallest absolute Gasteiger partial charge is 0.300 e. The second-order valence-corrected chi connectivity index (χ2v) is 10.7. The first-order valence-electron chi connectivity index (χ1n) is 12.0. The zero-order chi connectivity index (χ0) is 27.1. The predicted molar refractivity (Wildman–Crippen MR) is 149 cm³/mol. The van der Waals surface area contributed by atoms with Crippen molar-refractivity contribution < 1.29 is 19.4 Å². The number of halogens is 1. The highest BCUT2D eigenvalue weighted by atomic mass is 35.5. The van der Waals surface area contributed by atoms with Crippen molar-refractivity contribution in [3.05, 3.63) is 94.0 Å². The number of methoxy groups -OCH3 is 1. The molecule has 6 nitrogen and oxygen atoms in total. The standard InChI is InChI=1S/C30H31ClN2O4/c1-30(2,3)19-9-7-18(8-10-19)26-25(27(34)23-17-22(37-6)15-16-24(23)31)28(35)29(36)33(26)21-13-11-20(12-14-21)32(4)5/h7-17,26,34H,1-6H3/b27-25+. The number of hydrogen-bond donors (Lipinski definition) is 1. The Kier molecular flexibility index (Phi) is 7.07. The van der Waals surface area contributed by atoms with E-state index in [1.165, 1.54) is 12.0 Å². The van der Waals surface area contributed by atoms with Gasteiger partial charge in [0.05, 0.1) is 23.7 Å². The molecule has 1 aliphatic rings. The van der Waals surface area contributed by atoms with E-state index in [1.54, 1.807) is 30.3 Å². The van der Waals surface area contributed by atoms with Crippen LogP contribution in [0, 0.1) is 0 Å². The number of amides is 1. The van der Waals surface area contributed by atoms with Gasteiger partial charge in [-0.15, -0.1) is 0 Å². The van der Waals surface area contributed by atoms with Crippen LogP contribution in [-0.4, -0.2) is 38.0 Å². The molecular formula is C30H31ClN2O4. The number of ketones is 1. The number of nitrogens with zero attached hydrogens (tertiary/aromatic N) is 2. The summed E-state index contributed by atoms with van der Waals surface area (Å²) in [6.45, 7) is 6.35. The van der Waals surface area contributed by atoms with E-state index in [1.807, 2.05) is 55.4 Å². The molecule has 1 unspecified atom stereocenters. The quantitative estimate of drug-likeness (QED) is 0.242. The third-order valence-corrected chi connectivity index (χ3v) is 6.94. The monoisotopic (exact) mass is 518 g/mol. The minimum Gasteiger partial charge on any atom is -0.507 e. The number of hydrogen-bond acceptors (Lipinski definition) is 5. The lowest BCUT2D eigenvalue weighted by Crippen LogP contribution is -2.29. The van der Waals surface area contributed by atoms with Gasteiger partial charge in [0.1, 0.15) is 11.5 Å². The van der Waals surface area contributed by atoms with Gasteiger partial charge in [-0.2, -0.15) is 0 Å². The molecule has 0 bridgehead atoms. The minimum absolute atomic E-state index is 0.0275. The van der Waals surface area contributed by atoms with Crippen molar-refractivity contribution in [2.45, 2.75) is 32.2 Å². The summed E-state index contributed by atoms with van der Waals surface area (Å²) in [7, 11) is 5.35. The topological polar surface area (TPSA) is 70.1 Å². The summed E-state index contributed by atoms with van der Waals surface area (Å²) in [4.78, 5) is 30.3. The molecule has 0 spiro atoms. The maximum Gasteiger partial charge on any atom is 0.300 e. The van der Waals surface area contributed by atoms with Crippen molar-refractivity contribution in [2.75, 3.05) is 31.0 Å². The second kappa shape index (κ2) is 9.94. The molecule has 0 aromatic heterocycles. The van der Waals surface area contributed by atoms with Gasteiger partial charge in [0, 0.05) is 31.0 Å². The van der Waals surface area contributed by atoms with Crippen LogP contribution in [0.3, 0.4) is 0 Å². The number of benzene rings is 3. The van der Waals surface area contributed by atoms with Crippen LogP contribution < -0.4 is 14.5 Å². The Morgan fingerprint density at radius 2 is 1.59 bits per heavy atom. The molecule has 7 heteroatoms. The summed E-state index contributed by atoms with van der Waals surface area (Å²) < 4.78 is 5.29. The molecule has 1 fully saturated rings. The Balaban J connectivity index is 1.94. The van der Waals surface area contributed by atoms with Crippen LogP contribution in [0.25, 0.3) is 5.76 Å². The molecule has 37 heavy (non-hydrogen) atoms. The molecular weight excluding hydrogens is 488 g/mol. The van der Waals surface area contributed by atoms with Crippen molar-refractivity contribution in [1.82, 2.24) is 0 Å². The zero-order valence-electron chi connectivity index (χ0n) is 21.9. The van der Waals surface area contributed by atoms with Gasteiger partial charge in [0.15, 0.2) is 0 Å². The molecule has 3 aromatic rings. The number of Topliss-reactive ketones (excluding diaryl/α,β-unsaturated/α-hetero) is 1. The van der Waals surface area contributed by atoms with E-state index in [0.717, 1.165) is 11.3 Å². The largest absolute Gasteiger partial charge is 0.507 e. The Hall–Kier alpha value is -3.77. The van der Waals surface area contributed by atoms with E-state index in [4.69, 9.17) is 16.3 Å². The summed E-state index contributed by atoms with van der Waals surface area (Å²) in [5.41, 5.74) is 3.43. The molecule has 1 aliphatic heterocycles. The van der Waals surface area contributed by atoms with Gasteiger partial charge < -0.3 is 14.7 Å². The Morgan fingerprint density at radius 3 is 2.14 bits per heavy atom. The Morgan fingerprint density at radius 1 is 0.973 bits per heavy atom. The molecule has 1 saturated heterocycles. The van der Waals surface area contributed by atoms with Crippen molar-refractivity contribution in [2.24, 2.45) is 0 Å². The van der Waals surface area contributed by atoms with E-state index in [9.17, 15) is 14.7 Å². The highest BCUT2D eigenvalue weighted by Gasteiger charge is 2.47. The van der Waals surface area contributed by atoms with Crippen LogP contribution >= 0.6 is 11.6 Å². The second-order valence-electron chi connectivity index (χ2n) is 10.3. The first-order valence-corrected chi connectivity index (χ1v) is 12.3. The SMILES string of the molecule is COc1ccc(Cl)c(/C(O)=C2\C(=O)C(=O)N(c3ccc(N(C)C)cc3)C2c2ccc(C(C)(C)C)cc2)c1. The molecule has 0 aliphatic carbocycles. The Labute approximate surface area is 222 Å². The van der Waals surface area contributed by atoms with Crippen LogP contribution in [0.1, 0.15) is 43.5 Å². The van der Waals surface area contributed by atoms with E-state index >= 15 is 0 Å². The third kappa shape index (κ3) is 4.94. The lowest BCUT2D eigenvalue weighted by Gasteiger charge is -2.27. The highest BCUT2D eigenvalue weighted by molar-refractivity contribution is 6.52. The molecule has 0 saturated carbocycles. The van der Waals surface area contributed by atoms with Crippen molar-refractivity contribution in [3.63, 3.8) is 0 Å². The van der Waals surface area contributed by atoms with Crippen molar-refractivity contribution >= 4 is 40.4 Å². The summed E-state index contributed by atoms with van der Waals surface area (Å²) in [6, 6.07) is 19.1. The number of carbonyl (C=O) groups is 2. The molecule has 1 N–H and O–H groups in total. The maximum atomic E-state index is 13.5. The van der Waals surface area contributed by atoms with E-state index < -0.39 is 17.7 Å². The third-order valence-electron chi connectivity index (χ3n) is 6.61. The molecule has 1 amide bonds. The fourth-order valence-electron chi connectivity index (χ4n) is 4.45. The zero-order valence-corrected chi connectivity index (χ0v) is 22.6. The summed E-state index contributed by atoms with van der Waals surface area (Å²) in [5, 5.41) is 11.7. The van der Waals surface area contributed by atoms with Crippen LogP contribution in [-0.2, 0) is 15.0 Å². The van der Waals surface area contributed by atoms with Crippen molar-refractivity contribution in [1.29, 1.82) is 0 Å². The molecule has 0 radical (unpaired) electrons. The lowest BCUT2D eigenvalue weighted by molar-refractivity contribution is -0.132. The van der Waals surface area contributed by atoms with E-state index in [0.29, 0.717) is 17.0 Å². The summed E-state index contributed by atoms with van der Waals surface area (Å²) >= 11 is 6.41. The van der Waals surface area contributed by atoms with Crippen LogP contribution in [0.4, 0.5) is 11.4 Å². The number of rotatable bonds is 5. The van der Waals surface area contributed by atoms with Gasteiger partial charge >= 0.3 is 0 Å². The first kappa shape index (κ1) is 26.3. The summed E-state index contributed by atoms with van der Waals surface area (Å²) in [5.74, 6) is -1.38. The molecule has 192 valence electrons. The average Bonchev–Trinajstić information content (AvgIpc) is 3.13. The molecule has 4 rings (SSSR count). The number of aliphatic hydroxyl groups excluding tert-OH is 1. The number of ether oxygens (including phenoxy) is 1. The van der Waals surface area contributed by atoms with Gasteiger partial charge in [-0.05, 0) is 59.0 Å². The Bertz CT molecular complexity index is 1370. The maximum absolute atomic E-state index is 13.5. The number of anilines is 2. The first-order chi connectivity index (χ1) is 17.4. The normalized spacial score (nSPS) is 17.3. The lowest BCUT2D eigenvalue weighted by atomic mass is 9.85. The minimum atomic E-state index is -0.846. The summed E-state index contributed by atoms with van der Waals surface area (Å²) in [6.07, 6.45) is 0. The van der Waals surface area contributed by atoms with Crippen LogP contribution in [0.15, 0.2) is 72.3 Å². The number of aliphatic hydroxyl groups is 1. The van der Waals surface area contributed by atoms with Crippen LogP contribution in [0.2, 0.25) is 5.02 Å². The van der Waals surface area contributed by atoms with Gasteiger partial charge in [0.25, 0.3) is 11.7 Å². The number of carbonyl (C=O) groups excluding carboxylic acids is 2.